The number of carboxylic acid groups (broad SMARTS) is 1. The van der Waals surface area contributed by atoms with Crippen molar-refractivity contribution in [3.8, 4) is 17.0 Å². The van der Waals surface area contributed by atoms with Gasteiger partial charge in [0.25, 0.3) is 0 Å². The molecule has 0 saturated heterocycles. The van der Waals surface area contributed by atoms with E-state index in [1.165, 1.54) is 23.9 Å². The topological polar surface area (TPSA) is 98.5 Å². The number of carbonyl (C=O) groups is 1. The average Bonchev–Trinajstić information content (AvgIpc) is 2.79. The second-order valence-electron chi connectivity index (χ2n) is 4.45. The SMILES string of the molecule is COc1c(-c2cc(C(=O)O)nn2C)cccc1S(C)(=O)=O. The summed E-state index contributed by atoms with van der Waals surface area (Å²) >= 11 is 0. The summed E-state index contributed by atoms with van der Waals surface area (Å²) in [5.74, 6) is -0.991. The Morgan fingerprint density at radius 3 is 2.52 bits per heavy atom. The van der Waals surface area contributed by atoms with Crippen LogP contribution in [0.5, 0.6) is 5.75 Å². The lowest BCUT2D eigenvalue weighted by Crippen LogP contribution is -2.03. The summed E-state index contributed by atoms with van der Waals surface area (Å²) in [6.45, 7) is 0. The third-order valence-corrected chi connectivity index (χ3v) is 4.08. The van der Waals surface area contributed by atoms with Crippen molar-refractivity contribution in [2.45, 2.75) is 4.90 Å². The van der Waals surface area contributed by atoms with Gasteiger partial charge in [-0.2, -0.15) is 5.10 Å². The molecule has 0 bridgehead atoms. The molecule has 0 unspecified atom stereocenters. The quantitative estimate of drug-likeness (QED) is 0.911. The molecule has 1 aromatic heterocycles. The van der Waals surface area contributed by atoms with Crippen molar-refractivity contribution in [1.82, 2.24) is 9.78 Å². The van der Waals surface area contributed by atoms with Crippen LogP contribution >= 0.6 is 0 Å². The highest BCUT2D eigenvalue weighted by molar-refractivity contribution is 7.90. The smallest absolute Gasteiger partial charge is 0.356 e. The fourth-order valence-electron chi connectivity index (χ4n) is 2.04. The van der Waals surface area contributed by atoms with Crippen molar-refractivity contribution in [1.29, 1.82) is 0 Å². The minimum absolute atomic E-state index is 0.0422. The summed E-state index contributed by atoms with van der Waals surface area (Å²) in [6, 6.07) is 6.02. The Balaban J connectivity index is 2.73. The second kappa shape index (κ2) is 5.21. The van der Waals surface area contributed by atoms with E-state index >= 15 is 0 Å². The zero-order valence-electron chi connectivity index (χ0n) is 11.7. The number of nitrogens with zero attached hydrogens (tertiary/aromatic N) is 2. The number of carboxylic acids is 1. The van der Waals surface area contributed by atoms with Crippen molar-refractivity contribution < 1.29 is 23.1 Å². The lowest BCUT2D eigenvalue weighted by Gasteiger charge is -2.12. The molecule has 0 saturated carbocycles. The van der Waals surface area contributed by atoms with Crippen LogP contribution in [0, 0.1) is 0 Å². The lowest BCUT2D eigenvalue weighted by molar-refractivity contribution is 0.0689. The van der Waals surface area contributed by atoms with Crippen LogP contribution in [0.1, 0.15) is 10.5 Å². The average molecular weight is 310 g/mol. The van der Waals surface area contributed by atoms with Gasteiger partial charge >= 0.3 is 5.97 Å². The zero-order valence-corrected chi connectivity index (χ0v) is 12.5. The predicted octanol–water partition coefficient (Wildman–Crippen LogP) is 1.20. The zero-order chi connectivity index (χ0) is 15.8. The van der Waals surface area contributed by atoms with Gasteiger partial charge in [0.2, 0.25) is 0 Å². The lowest BCUT2D eigenvalue weighted by atomic mass is 10.1. The second-order valence-corrected chi connectivity index (χ2v) is 6.44. The molecule has 2 aromatic rings. The monoisotopic (exact) mass is 310 g/mol. The van der Waals surface area contributed by atoms with Gasteiger partial charge in [-0.25, -0.2) is 13.2 Å². The van der Waals surface area contributed by atoms with Gasteiger partial charge in [0.15, 0.2) is 15.5 Å². The summed E-state index contributed by atoms with van der Waals surface area (Å²) < 4.78 is 30.2. The molecule has 1 aromatic carbocycles. The molecule has 21 heavy (non-hydrogen) atoms. The van der Waals surface area contributed by atoms with Crippen molar-refractivity contribution >= 4 is 15.8 Å². The Labute approximate surface area is 121 Å². The predicted molar refractivity (Wildman–Crippen MR) is 75.3 cm³/mol. The molecule has 0 radical (unpaired) electrons. The minimum atomic E-state index is -3.47. The molecule has 0 aliphatic heterocycles. The highest BCUT2D eigenvalue weighted by Gasteiger charge is 2.21. The van der Waals surface area contributed by atoms with E-state index in [0.29, 0.717) is 11.3 Å². The number of aryl methyl sites for hydroxylation is 1. The summed E-state index contributed by atoms with van der Waals surface area (Å²) in [6.07, 6.45) is 1.08. The Morgan fingerprint density at radius 1 is 1.38 bits per heavy atom. The number of benzene rings is 1. The van der Waals surface area contributed by atoms with Gasteiger partial charge < -0.3 is 9.84 Å². The molecule has 1 heterocycles. The first-order valence-electron chi connectivity index (χ1n) is 5.90. The number of hydrogen-bond acceptors (Lipinski definition) is 5. The van der Waals surface area contributed by atoms with Crippen molar-refractivity contribution in [3.05, 3.63) is 30.0 Å². The molecule has 0 atom stereocenters. The van der Waals surface area contributed by atoms with Crippen LogP contribution in [-0.2, 0) is 16.9 Å². The van der Waals surface area contributed by atoms with E-state index in [2.05, 4.69) is 5.10 Å². The Hall–Kier alpha value is -2.35. The number of methoxy groups -OCH3 is 1. The minimum Gasteiger partial charge on any atom is -0.495 e. The standard InChI is InChI=1S/C13H14N2O5S/c1-15-10(7-9(14-15)13(16)17)8-5-4-6-11(12(8)20-2)21(3,18)19/h4-7H,1-3H3,(H,16,17). The maximum absolute atomic E-state index is 11.8. The van der Waals surface area contributed by atoms with E-state index in [1.54, 1.807) is 19.2 Å². The van der Waals surface area contributed by atoms with Crippen LogP contribution in [0.15, 0.2) is 29.2 Å². The fourth-order valence-corrected chi connectivity index (χ4v) is 2.90. The summed E-state index contributed by atoms with van der Waals surface area (Å²) in [7, 11) is -0.529. The normalized spacial score (nSPS) is 11.4. The van der Waals surface area contributed by atoms with Crippen LogP contribution in [0.4, 0.5) is 0 Å². The van der Waals surface area contributed by atoms with E-state index in [0.717, 1.165) is 6.26 Å². The van der Waals surface area contributed by atoms with Crippen LogP contribution < -0.4 is 4.74 Å². The molecule has 0 fully saturated rings. The maximum atomic E-state index is 11.8. The highest BCUT2D eigenvalue weighted by Crippen LogP contribution is 2.35. The van der Waals surface area contributed by atoms with Gasteiger partial charge in [0, 0.05) is 18.9 Å². The molecule has 0 spiro atoms. The third kappa shape index (κ3) is 2.75. The number of sulfone groups is 1. The van der Waals surface area contributed by atoms with E-state index in [9.17, 15) is 13.2 Å². The molecule has 8 heteroatoms. The number of hydrogen-bond donors (Lipinski definition) is 1. The van der Waals surface area contributed by atoms with E-state index < -0.39 is 15.8 Å². The summed E-state index contributed by atoms with van der Waals surface area (Å²) in [5.41, 5.74) is 0.789. The number of para-hydroxylation sites is 1. The Morgan fingerprint density at radius 2 is 2.05 bits per heavy atom. The van der Waals surface area contributed by atoms with E-state index in [1.807, 2.05) is 0 Å². The van der Waals surface area contributed by atoms with Gasteiger partial charge in [0.1, 0.15) is 10.6 Å². The molecule has 112 valence electrons. The largest absolute Gasteiger partial charge is 0.495 e. The first-order valence-corrected chi connectivity index (χ1v) is 7.79. The molecular weight excluding hydrogens is 296 g/mol. The Kier molecular flexibility index (Phi) is 3.73. The molecular formula is C13H14N2O5S. The Bertz CT molecular complexity index is 808. The van der Waals surface area contributed by atoms with Crippen LogP contribution in [0.3, 0.4) is 0 Å². The molecule has 2 rings (SSSR count). The molecule has 7 nitrogen and oxygen atoms in total. The van der Waals surface area contributed by atoms with Crippen LogP contribution in [0.2, 0.25) is 0 Å². The van der Waals surface area contributed by atoms with Crippen LogP contribution in [0.25, 0.3) is 11.3 Å². The number of ether oxygens (including phenoxy) is 1. The van der Waals surface area contributed by atoms with Crippen molar-refractivity contribution in [3.63, 3.8) is 0 Å². The summed E-state index contributed by atoms with van der Waals surface area (Å²) in [5, 5.41) is 12.8. The van der Waals surface area contributed by atoms with Crippen molar-refractivity contribution in [2.24, 2.45) is 7.05 Å². The van der Waals surface area contributed by atoms with Gasteiger partial charge in [-0.15, -0.1) is 0 Å². The number of rotatable bonds is 4. The van der Waals surface area contributed by atoms with Gasteiger partial charge in [0.05, 0.1) is 12.8 Å². The van der Waals surface area contributed by atoms with Gasteiger partial charge in [-0.05, 0) is 18.2 Å². The van der Waals surface area contributed by atoms with E-state index in [4.69, 9.17) is 9.84 Å². The molecule has 0 aliphatic carbocycles. The number of aromatic carboxylic acids is 1. The van der Waals surface area contributed by atoms with E-state index in [-0.39, 0.29) is 16.3 Å². The third-order valence-electron chi connectivity index (χ3n) is 2.96. The number of aromatic nitrogens is 2. The highest BCUT2D eigenvalue weighted by atomic mass is 32.2. The maximum Gasteiger partial charge on any atom is 0.356 e. The fraction of sp³-hybridized carbons (Fsp3) is 0.231. The molecule has 0 amide bonds. The first kappa shape index (κ1) is 15.0. The summed E-state index contributed by atoms with van der Waals surface area (Å²) in [4.78, 5) is 11.0. The van der Waals surface area contributed by atoms with Crippen molar-refractivity contribution in [2.75, 3.05) is 13.4 Å². The molecule has 0 aliphatic rings. The first-order chi connectivity index (χ1) is 9.75. The van der Waals surface area contributed by atoms with Gasteiger partial charge in [-0.1, -0.05) is 6.07 Å². The van der Waals surface area contributed by atoms with Gasteiger partial charge in [-0.3, -0.25) is 4.68 Å². The van der Waals surface area contributed by atoms with Crippen LogP contribution in [-0.4, -0.2) is 42.6 Å². The molecule has 1 N–H and O–H groups in total.